The number of carbonyl (C=O) groups is 3. The molecule has 0 aliphatic carbocycles. The monoisotopic (exact) mass is 402 g/mol. The van der Waals surface area contributed by atoms with Gasteiger partial charge in [0.1, 0.15) is 5.75 Å². The van der Waals surface area contributed by atoms with Crippen molar-refractivity contribution in [2.45, 2.75) is 39.0 Å². The number of hydrogen-bond donors (Lipinski definition) is 2. The molecule has 3 rings (SSSR count). The third-order valence-corrected chi connectivity index (χ3v) is 5.55. The van der Waals surface area contributed by atoms with Gasteiger partial charge in [0, 0.05) is 32.1 Å². The van der Waals surface area contributed by atoms with Crippen molar-refractivity contribution in [3.8, 4) is 5.75 Å². The maximum absolute atomic E-state index is 12.4. The Labute approximate surface area is 171 Å². The van der Waals surface area contributed by atoms with Crippen molar-refractivity contribution in [2.24, 2.45) is 5.92 Å². The van der Waals surface area contributed by atoms with E-state index in [9.17, 15) is 14.4 Å². The standard InChI is InChI=1S/C21H30N4O4/c1-2-16-7-3-4-8-18(16)29-15-19(26)22-23-20(27)17-9-13-25(14-10-17)21(28)24-11-5-6-12-24/h3-4,7-8,17H,2,5-6,9-15H2,1H3,(H,22,26)(H,23,27). The summed E-state index contributed by atoms with van der Waals surface area (Å²) < 4.78 is 5.54. The zero-order valence-electron chi connectivity index (χ0n) is 17.0. The summed E-state index contributed by atoms with van der Waals surface area (Å²) in [6, 6.07) is 7.64. The maximum atomic E-state index is 12.4. The molecule has 1 aromatic rings. The summed E-state index contributed by atoms with van der Waals surface area (Å²) in [4.78, 5) is 40.4. The van der Waals surface area contributed by atoms with Crippen LogP contribution >= 0.6 is 0 Å². The van der Waals surface area contributed by atoms with Gasteiger partial charge in [0.05, 0.1) is 0 Å². The minimum Gasteiger partial charge on any atom is -0.483 e. The topological polar surface area (TPSA) is 91.0 Å². The highest BCUT2D eigenvalue weighted by Gasteiger charge is 2.30. The average Bonchev–Trinajstić information content (AvgIpc) is 3.30. The molecule has 29 heavy (non-hydrogen) atoms. The lowest BCUT2D eigenvalue weighted by Gasteiger charge is -2.33. The predicted octanol–water partition coefficient (Wildman–Crippen LogP) is 1.70. The van der Waals surface area contributed by atoms with Gasteiger partial charge in [-0.15, -0.1) is 0 Å². The highest BCUT2D eigenvalue weighted by Crippen LogP contribution is 2.20. The van der Waals surface area contributed by atoms with Gasteiger partial charge in [0.2, 0.25) is 5.91 Å². The van der Waals surface area contributed by atoms with Gasteiger partial charge < -0.3 is 14.5 Å². The Kier molecular flexibility index (Phi) is 7.32. The van der Waals surface area contributed by atoms with Crippen molar-refractivity contribution in [3.05, 3.63) is 29.8 Å². The lowest BCUT2D eigenvalue weighted by Crippen LogP contribution is -2.50. The van der Waals surface area contributed by atoms with Crippen LogP contribution in [0.25, 0.3) is 0 Å². The molecule has 1 aromatic carbocycles. The van der Waals surface area contributed by atoms with Gasteiger partial charge in [-0.2, -0.15) is 0 Å². The molecular weight excluding hydrogens is 372 g/mol. The second kappa shape index (κ2) is 10.1. The van der Waals surface area contributed by atoms with E-state index in [0.29, 0.717) is 31.7 Å². The molecular formula is C21H30N4O4. The molecule has 0 saturated carbocycles. The summed E-state index contributed by atoms with van der Waals surface area (Å²) in [5.74, 6) is -0.169. The molecule has 0 radical (unpaired) electrons. The normalized spacial score (nSPS) is 17.1. The summed E-state index contributed by atoms with van der Waals surface area (Å²) in [5, 5.41) is 0. The molecule has 2 heterocycles. The van der Waals surface area contributed by atoms with Crippen LogP contribution in [0.3, 0.4) is 0 Å². The molecule has 2 aliphatic rings. The molecule has 2 fully saturated rings. The van der Waals surface area contributed by atoms with E-state index >= 15 is 0 Å². The van der Waals surface area contributed by atoms with E-state index < -0.39 is 5.91 Å². The number of ether oxygens (including phenoxy) is 1. The van der Waals surface area contributed by atoms with E-state index in [1.807, 2.05) is 41.0 Å². The average molecular weight is 402 g/mol. The summed E-state index contributed by atoms with van der Waals surface area (Å²) in [6.07, 6.45) is 4.15. The van der Waals surface area contributed by atoms with Crippen molar-refractivity contribution >= 4 is 17.8 Å². The molecule has 2 N–H and O–H groups in total. The van der Waals surface area contributed by atoms with Crippen LogP contribution in [-0.4, -0.2) is 60.4 Å². The fraction of sp³-hybridized carbons (Fsp3) is 0.571. The second-order valence-electron chi connectivity index (χ2n) is 7.53. The fourth-order valence-electron chi connectivity index (χ4n) is 3.79. The van der Waals surface area contributed by atoms with Gasteiger partial charge >= 0.3 is 6.03 Å². The fourth-order valence-corrected chi connectivity index (χ4v) is 3.79. The molecule has 8 nitrogen and oxygen atoms in total. The lowest BCUT2D eigenvalue weighted by molar-refractivity contribution is -0.132. The van der Waals surface area contributed by atoms with Crippen molar-refractivity contribution in [2.75, 3.05) is 32.8 Å². The van der Waals surface area contributed by atoms with Crippen molar-refractivity contribution < 1.29 is 19.1 Å². The van der Waals surface area contributed by atoms with Gasteiger partial charge in [0.15, 0.2) is 6.61 Å². The van der Waals surface area contributed by atoms with Crippen LogP contribution < -0.4 is 15.6 Å². The highest BCUT2D eigenvalue weighted by molar-refractivity contribution is 5.84. The summed E-state index contributed by atoms with van der Waals surface area (Å²) >= 11 is 0. The molecule has 0 spiro atoms. The summed E-state index contributed by atoms with van der Waals surface area (Å²) in [5.41, 5.74) is 5.93. The molecule has 4 amide bonds. The molecule has 0 aromatic heterocycles. The number of piperidine rings is 1. The number of hydrazine groups is 1. The van der Waals surface area contributed by atoms with E-state index in [1.165, 1.54) is 0 Å². The van der Waals surface area contributed by atoms with E-state index in [-0.39, 0.29) is 24.5 Å². The number of hydrogen-bond acceptors (Lipinski definition) is 4. The molecule has 8 heteroatoms. The maximum Gasteiger partial charge on any atom is 0.319 e. The summed E-state index contributed by atoms with van der Waals surface area (Å²) in [7, 11) is 0. The van der Waals surface area contributed by atoms with Crippen LogP contribution in [0, 0.1) is 5.92 Å². The second-order valence-corrected chi connectivity index (χ2v) is 7.53. The molecule has 0 atom stereocenters. The Hall–Kier alpha value is -2.77. The number of carbonyl (C=O) groups excluding carboxylic acids is 3. The van der Waals surface area contributed by atoms with Crippen LogP contribution in [0.15, 0.2) is 24.3 Å². The smallest absolute Gasteiger partial charge is 0.319 e. The quantitative estimate of drug-likeness (QED) is 0.734. The number of benzene rings is 1. The van der Waals surface area contributed by atoms with Gasteiger partial charge in [-0.25, -0.2) is 4.79 Å². The van der Waals surface area contributed by atoms with Gasteiger partial charge in [0.25, 0.3) is 5.91 Å². The van der Waals surface area contributed by atoms with Crippen LogP contribution in [0.5, 0.6) is 5.75 Å². The number of urea groups is 1. The van der Waals surface area contributed by atoms with Crippen molar-refractivity contribution in [1.29, 1.82) is 0 Å². The minimum absolute atomic E-state index is 0.0826. The highest BCUT2D eigenvalue weighted by atomic mass is 16.5. The van der Waals surface area contributed by atoms with Crippen LogP contribution in [-0.2, 0) is 16.0 Å². The minimum atomic E-state index is -0.411. The van der Waals surface area contributed by atoms with Crippen molar-refractivity contribution in [3.63, 3.8) is 0 Å². The zero-order chi connectivity index (χ0) is 20.6. The number of nitrogens with one attached hydrogen (secondary N) is 2. The Morgan fingerprint density at radius 2 is 1.66 bits per heavy atom. The number of rotatable bonds is 5. The Morgan fingerprint density at radius 3 is 2.34 bits per heavy atom. The SMILES string of the molecule is CCc1ccccc1OCC(=O)NNC(=O)C1CCN(C(=O)N2CCCC2)CC1. The number of likely N-dealkylation sites (tertiary alicyclic amines) is 2. The third kappa shape index (κ3) is 5.62. The van der Waals surface area contributed by atoms with Crippen LogP contribution in [0.2, 0.25) is 0 Å². The van der Waals surface area contributed by atoms with E-state index in [2.05, 4.69) is 10.9 Å². The number of aryl methyl sites for hydroxylation is 1. The molecule has 0 unspecified atom stereocenters. The zero-order valence-corrected chi connectivity index (χ0v) is 17.0. The Balaban J connectivity index is 1.36. The Morgan fingerprint density at radius 1 is 1.00 bits per heavy atom. The van der Waals surface area contributed by atoms with Crippen molar-refractivity contribution in [1.82, 2.24) is 20.7 Å². The molecule has 0 bridgehead atoms. The molecule has 2 saturated heterocycles. The number of para-hydroxylation sites is 1. The molecule has 158 valence electrons. The first-order valence-corrected chi connectivity index (χ1v) is 10.4. The van der Waals surface area contributed by atoms with Crippen LogP contribution in [0.4, 0.5) is 4.79 Å². The van der Waals surface area contributed by atoms with Gasteiger partial charge in [-0.1, -0.05) is 25.1 Å². The van der Waals surface area contributed by atoms with E-state index in [4.69, 9.17) is 4.74 Å². The van der Waals surface area contributed by atoms with Gasteiger partial charge in [-0.3, -0.25) is 20.4 Å². The first-order valence-electron chi connectivity index (χ1n) is 10.4. The number of amides is 4. The largest absolute Gasteiger partial charge is 0.483 e. The molecule has 2 aliphatic heterocycles. The summed E-state index contributed by atoms with van der Waals surface area (Å²) in [6.45, 7) is 4.65. The first kappa shape index (κ1) is 21.0. The van der Waals surface area contributed by atoms with Gasteiger partial charge in [-0.05, 0) is 43.7 Å². The first-order chi connectivity index (χ1) is 14.1. The van der Waals surface area contributed by atoms with E-state index in [0.717, 1.165) is 37.9 Å². The van der Waals surface area contributed by atoms with Crippen LogP contribution in [0.1, 0.15) is 38.2 Å². The third-order valence-electron chi connectivity index (χ3n) is 5.55. The number of nitrogens with zero attached hydrogens (tertiary/aromatic N) is 2. The Bertz CT molecular complexity index is 725. The predicted molar refractivity (Wildman–Crippen MR) is 108 cm³/mol. The van der Waals surface area contributed by atoms with E-state index in [1.54, 1.807) is 0 Å². The lowest BCUT2D eigenvalue weighted by atomic mass is 9.96.